The summed E-state index contributed by atoms with van der Waals surface area (Å²) < 4.78 is 5.23. The first-order valence-electron chi connectivity index (χ1n) is 9.94. The van der Waals surface area contributed by atoms with Crippen molar-refractivity contribution in [3.05, 3.63) is 90.5 Å². The quantitative estimate of drug-likeness (QED) is 0.623. The molecule has 3 aromatic carbocycles. The Hall–Kier alpha value is -3.44. The third kappa shape index (κ3) is 3.60. The fraction of sp³-hybridized carbons (Fsp3) is 0.200. The van der Waals surface area contributed by atoms with Crippen LogP contribution in [0.1, 0.15) is 19.4 Å². The van der Waals surface area contributed by atoms with Crippen LogP contribution in [0.15, 0.2) is 89.9 Å². The number of hydrazine groups is 1. The van der Waals surface area contributed by atoms with Gasteiger partial charge in [-0.3, -0.25) is 9.79 Å². The maximum atomic E-state index is 13.6. The van der Waals surface area contributed by atoms with Gasteiger partial charge in [0.1, 0.15) is 11.7 Å². The number of hydrogen-bond acceptors (Lipinski definition) is 4. The molecule has 2 atom stereocenters. The molecule has 0 spiro atoms. The Morgan fingerprint density at radius 3 is 2.17 bits per heavy atom. The molecular weight excluding hydrogens is 374 g/mol. The van der Waals surface area contributed by atoms with E-state index in [4.69, 9.17) is 9.73 Å². The molecule has 5 nitrogen and oxygen atoms in total. The Bertz CT molecular complexity index is 1050. The number of methoxy groups -OCH3 is 1. The highest BCUT2D eigenvalue weighted by Gasteiger charge is 2.52. The molecule has 1 fully saturated rings. The minimum atomic E-state index is -0.631. The van der Waals surface area contributed by atoms with Crippen LogP contribution in [0.5, 0.6) is 5.75 Å². The van der Waals surface area contributed by atoms with Gasteiger partial charge in [0, 0.05) is 5.71 Å². The number of hydrogen-bond donors (Lipinski definition) is 1. The molecule has 0 aromatic heterocycles. The predicted octanol–water partition coefficient (Wildman–Crippen LogP) is 4.87. The normalized spacial score (nSPS) is 21.7. The Morgan fingerprint density at radius 2 is 1.57 bits per heavy atom. The van der Waals surface area contributed by atoms with E-state index >= 15 is 0 Å². The fourth-order valence-electron chi connectivity index (χ4n) is 4.03. The van der Waals surface area contributed by atoms with Crippen molar-refractivity contribution in [2.45, 2.75) is 19.4 Å². The number of carbonyl (C=O) groups excluding carboxylic acids is 1. The van der Waals surface area contributed by atoms with E-state index < -0.39 is 11.5 Å². The second-order valence-corrected chi connectivity index (χ2v) is 7.57. The van der Waals surface area contributed by atoms with Crippen molar-refractivity contribution in [2.75, 3.05) is 12.1 Å². The smallest absolute Gasteiger partial charge is 0.252 e. The lowest BCUT2D eigenvalue weighted by Gasteiger charge is -2.30. The topological polar surface area (TPSA) is 53.9 Å². The first-order chi connectivity index (χ1) is 14.5. The zero-order chi connectivity index (χ0) is 21.1. The van der Waals surface area contributed by atoms with Gasteiger partial charge in [0.15, 0.2) is 0 Å². The Labute approximate surface area is 177 Å². The lowest BCUT2D eigenvalue weighted by atomic mass is 9.78. The molecule has 1 aliphatic heterocycles. The second kappa shape index (κ2) is 8.13. The van der Waals surface area contributed by atoms with E-state index in [1.165, 1.54) is 0 Å². The van der Waals surface area contributed by atoms with Gasteiger partial charge >= 0.3 is 0 Å². The van der Waals surface area contributed by atoms with Crippen LogP contribution in [0.3, 0.4) is 0 Å². The van der Waals surface area contributed by atoms with Crippen molar-refractivity contribution in [1.29, 1.82) is 0 Å². The van der Waals surface area contributed by atoms with Gasteiger partial charge in [-0.2, -0.15) is 0 Å². The molecule has 0 radical (unpaired) electrons. The molecule has 1 heterocycles. The van der Waals surface area contributed by atoms with Gasteiger partial charge < -0.3 is 4.74 Å². The van der Waals surface area contributed by atoms with Crippen molar-refractivity contribution in [2.24, 2.45) is 10.9 Å². The molecule has 1 saturated heterocycles. The SMILES string of the molecule is COc1ccc(N=C(C)C2C(=O)N(c3ccccc3)NC2(C)c2ccccc2)cc1. The highest BCUT2D eigenvalue weighted by molar-refractivity contribution is 6.13. The standard InChI is InChI=1S/C25H25N3O2/c1-18(26-20-14-16-22(30-3)17-15-20)23-24(29)28(21-12-8-5-9-13-21)27-25(23,2)19-10-6-4-7-11-19/h4-17,23,27H,1-3H3. The molecule has 5 heteroatoms. The lowest BCUT2D eigenvalue weighted by molar-refractivity contribution is -0.119. The van der Waals surface area contributed by atoms with Crippen LogP contribution < -0.4 is 15.2 Å². The summed E-state index contributed by atoms with van der Waals surface area (Å²) in [5.41, 5.74) is 6.22. The molecule has 3 aromatic rings. The van der Waals surface area contributed by atoms with Crippen LogP contribution in [0.2, 0.25) is 0 Å². The lowest BCUT2D eigenvalue weighted by Crippen LogP contribution is -2.45. The molecule has 0 saturated carbocycles. The first-order valence-corrected chi connectivity index (χ1v) is 9.94. The number of para-hydroxylation sites is 1. The molecular formula is C25H25N3O2. The average molecular weight is 399 g/mol. The number of nitrogens with one attached hydrogen (secondary N) is 1. The minimum absolute atomic E-state index is 0.0256. The van der Waals surface area contributed by atoms with E-state index in [-0.39, 0.29) is 5.91 Å². The van der Waals surface area contributed by atoms with E-state index in [1.54, 1.807) is 12.1 Å². The van der Waals surface area contributed by atoms with Crippen LogP contribution in [-0.2, 0) is 10.3 Å². The van der Waals surface area contributed by atoms with Crippen molar-refractivity contribution in [1.82, 2.24) is 5.43 Å². The zero-order valence-corrected chi connectivity index (χ0v) is 17.4. The molecule has 2 unspecified atom stereocenters. The van der Waals surface area contributed by atoms with E-state index in [1.807, 2.05) is 91.9 Å². The number of aliphatic imine (C=N–C) groups is 1. The van der Waals surface area contributed by atoms with Gasteiger partial charge in [0.05, 0.1) is 24.0 Å². The predicted molar refractivity (Wildman–Crippen MR) is 120 cm³/mol. The highest BCUT2D eigenvalue weighted by Crippen LogP contribution is 2.39. The van der Waals surface area contributed by atoms with Crippen LogP contribution >= 0.6 is 0 Å². The van der Waals surface area contributed by atoms with Crippen LogP contribution in [-0.4, -0.2) is 18.7 Å². The maximum absolute atomic E-state index is 13.6. The molecule has 0 aliphatic carbocycles. The number of amides is 1. The monoisotopic (exact) mass is 399 g/mol. The Balaban J connectivity index is 1.77. The molecule has 1 amide bonds. The van der Waals surface area contributed by atoms with Gasteiger partial charge in [-0.05, 0) is 55.8 Å². The van der Waals surface area contributed by atoms with E-state index in [0.29, 0.717) is 0 Å². The second-order valence-electron chi connectivity index (χ2n) is 7.57. The summed E-state index contributed by atoms with van der Waals surface area (Å²) in [6.45, 7) is 3.98. The molecule has 0 bridgehead atoms. The number of carbonyl (C=O) groups is 1. The number of anilines is 1. The molecule has 1 N–H and O–H groups in total. The third-order valence-corrected chi connectivity index (χ3v) is 5.57. The number of nitrogens with zero attached hydrogens (tertiary/aromatic N) is 2. The summed E-state index contributed by atoms with van der Waals surface area (Å²) in [7, 11) is 1.63. The average Bonchev–Trinajstić information content (AvgIpc) is 3.07. The van der Waals surface area contributed by atoms with Crippen LogP contribution in [0.25, 0.3) is 0 Å². The van der Waals surface area contributed by atoms with Crippen molar-refractivity contribution < 1.29 is 9.53 Å². The number of benzene rings is 3. The summed E-state index contributed by atoms with van der Waals surface area (Å²) in [6.07, 6.45) is 0. The number of ether oxygens (including phenoxy) is 1. The molecule has 4 rings (SSSR count). The minimum Gasteiger partial charge on any atom is -0.497 e. The van der Waals surface area contributed by atoms with E-state index in [0.717, 1.165) is 28.4 Å². The highest BCUT2D eigenvalue weighted by atomic mass is 16.5. The fourth-order valence-corrected chi connectivity index (χ4v) is 4.03. The van der Waals surface area contributed by atoms with Crippen LogP contribution in [0.4, 0.5) is 11.4 Å². The number of rotatable bonds is 5. The van der Waals surface area contributed by atoms with Crippen molar-refractivity contribution >= 4 is 23.0 Å². The summed E-state index contributed by atoms with van der Waals surface area (Å²) in [4.78, 5) is 18.4. The Kier molecular flexibility index (Phi) is 5.38. The first kappa shape index (κ1) is 19.9. The van der Waals surface area contributed by atoms with Gasteiger partial charge in [-0.25, -0.2) is 10.4 Å². The summed E-state index contributed by atoms with van der Waals surface area (Å²) in [5.74, 6) is 0.291. The zero-order valence-electron chi connectivity index (χ0n) is 17.4. The third-order valence-electron chi connectivity index (χ3n) is 5.57. The summed E-state index contributed by atoms with van der Waals surface area (Å²) in [5, 5.41) is 1.64. The summed E-state index contributed by atoms with van der Waals surface area (Å²) in [6, 6.07) is 27.2. The molecule has 30 heavy (non-hydrogen) atoms. The van der Waals surface area contributed by atoms with Crippen molar-refractivity contribution in [3.63, 3.8) is 0 Å². The van der Waals surface area contributed by atoms with E-state index in [2.05, 4.69) is 12.3 Å². The van der Waals surface area contributed by atoms with Gasteiger partial charge in [-0.15, -0.1) is 0 Å². The molecule has 152 valence electrons. The van der Waals surface area contributed by atoms with Gasteiger partial charge in [0.25, 0.3) is 5.91 Å². The van der Waals surface area contributed by atoms with Crippen LogP contribution in [0, 0.1) is 5.92 Å². The maximum Gasteiger partial charge on any atom is 0.252 e. The van der Waals surface area contributed by atoms with Gasteiger partial charge in [-0.1, -0.05) is 48.5 Å². The van der Waals surface area contributed by atoms with Gasteiger partial charge in [0.2, 0.25) is 0 Å². The Morgan fingerprint density at radius 1 is 0.967 bits per heavy atom. The summed E-state index contributed by atoms with van der Waals surface area (Å²) >= 11 is 0. The largest absolute Gasteiger partial charge is 0.497 e. The van der Waals surface area contributed by atoms with Crippen molar-refractivity contribution in [3.8, 4) is 5.75 Å². The molecule has 1 aliphatic rings. The van der Waals surface area contributed by atoms with E-state index in [9.17, 15) is 4.79 Å².